The Labute approximate surface area is 54.2 Å². The van der Waals surface area contributed by atoms with Crippen molar-refractivity contribution in [2.75, 3.05) is 0 Å². The van der Waals surface area contributed by atoms with Crippen LogP contribution < -0.4 is 5.73 Å². The second-order valence-corrected chi connectivity index (χ2v) is 2.39. The van der Waals surface area contributed by atoms with Gasteiger partial charge in [-0.25, -0.2) is 8.78 Å². The van der Waals surface area contributed by atoms with E-state index in [1.54, 1.807) is 6.92 Å². The molecule has 0 bridgehead atoms. The summed E-state index contributed by atoms with van der Waals surface area (Å²) in [7, 11) is 0. The predicted molar refractivity (Wildman–Crippen MR) is 33.5 cm³/mol. The Morgan fingerprint density at radius 3 is 2.11 bits per heavy atom. The van der Waals surface area contributed by atoms with E-state index in [4.69, 9.17) is 5.73 Å². The van der Waals surface area contributed by atoms with E-state index in [2.05, 4.69) is 0 Å². The van der Waals surface area contributed by atoms with Crippen molar-refractivity contribution in [3.05, 3.63) is 0 Å². The second kappa shape index (κ2) is 3.11. The minimum atomic E-state index is -2.56. The number of nitrogens with two attached hydrogens (primary N) is 1. The van der Waals surface area contributed by atoms with Gasteiger partial charge in [0.25, 0.3) is 0 Å². The highest BCUT2D eigenvalue weighted by atomic mass is 19.3. The second-order valence-electron chi connectivity index (χ2n) is 2.39. The highest BCUT2D eigenvalue weighted by Crippen LogP contribution is 2.22. The Hall–Kier alpha value is -0.180. The monoisotopic (exact) mass is 137 g/mol. The van der Waals surface area contributed by atoms with Gasteiger partial charge in [-0.1, -0.05) is 6.92 Å². The quantitative estimate of drug-likeness (QED) is 0.630. The van der Waals surface area contributed by atoms with E-state index in [1.807, 2.05) is 0 Å². The largest absolute Gasteiger partial charge is 0.328 e. The summed E-state index contributed by atoms with van der Waals surface area (Å²) in [6.45, 7) is 3.05. The first-order valence-corrected chi connectivity index (χ1v) is 3.11. The third kappa shape index (κ3) is 4.33. The first kappa shape index (κ1) is 8.82. The summed E-state index contributed by atoms with van der Waals surface area (Å²) in [5, 5.41) is 0. The standard InChI is InChI=1S/C6H13F2N/c1-3-6(7,8)4-5(2)9/h5H,3-4,9H2,1-2H3. The summed E-state index contributed by atoms with van der Waals surface area (Å²) in [6, 6.07) is -0.403. The summed E-state index contributed by atoms with van der Waals surface area (Å²) >= 11 is 0. The zero-order valence-electron chi connectivity index (χ0n) is 5.82. The molecule has 0 heterocycles. The topological polar surface area (TPSA) is 26.0 Å². The first-order chi connectivity index (χ1) is 3.98. The van der Waals surface area contributed by atoms with Crippen LogP contribution in [0.15, 0.2) is 0 Å². The first-order valence-electron chi connectivity index (χ1n) is 3.11. The lowest BCUT2D eigenvalue weighted by molar-refractivity contribution is -0.0158. The molecule has 56 valence electrons. The van der Waals surface area contributed by atoms with Gasteiger partial charge < -0.3 is 5.73 Å². The van der Waals surface area contributed by atoms with Crippen molar-refractivity contribution in [1.29, 1.82) is 0 Å². The minimum Gasteiger partial charge on any atom is -0.328 e. The maximum Gasteiger partial charge on any atom is 0.249 e. The normalized spacial score (nSPS) is 15.7. The van der Waals surface area contributed by atoms with Crippen LogP contribution >= 0.6 is 0 Å². The zero-order chi connectivity index (χ0) is 7.49. The van der Waals surface area contributed by atoms with Gasteiger partial charge in [0.05, 0.1) is 0 Å². The van der Waals surface area contributed by atoms with Crippen LogP contribution in [0.25, 0.3) is 0 Å². The van der Waals surface area contributed by atoms with Crippen molar-refractivity contribution < 1.29 is 8.78 Å². The average molecular weight is 137 g/mol. The number of rotatable bonds is 3. The molecule has 0 saturated heterocycles. The van der Waals surface area contributed by atoms with Crippen LogP contribution in [-0.4, -0.2) is 12.0 Å². The van der Waals surface area contributed by atoms with Gasteiger partial charge in [-0.3, -0.25) is 0 Å². The molecule has 0 aliphatic rings. The Morgan fingerprint density at radius 2 is 2.00 bits per heavy atom. The van der Waals surface area contributed by atoms with E-state index in [9.17, 15) is 8.78 Å². The van der Waals surface area contributed by atoms with Crippen molar-refractivity contribution in [2.24, 2.45) is 5.73 Å². The molecule has 9 heavy (non-hydrogen) atoms. The van der Waals surface area contributed by atoms with Crippen LogP contribution in [0, 0.1) is 0 Å². The molecule has 0 amide bonds. The van der Waals surface area contributed by atoms with Crippen LogP contribution in [0.2, 0.25) is 0 Å². The Morgan fingerprint density at radius 1 is 1.56 bits per heavy atom. The number of halogens is 2. The van der Waals surface area contributed by atoms with Crippen molar-refractivity contribution in [3.63, 3.8) is 0 Å². The fourth-order valence-electron chi connectivity index (χ4n) is 0.615. The molecule has 0 aliphatic carbocycles. The molecule has 0 rings (SSSR count). The molecule has 0 aliphatic heterocycles. The molecule has 0 aromatic heterocycles. The summed E-state index contributed by atoms with van der Waals surface area (Å²) in [5.74, 6) is -2.56. The zero-order valence-corrected chi connectivity index (χ0v) is 5.82. The van der Waals surface area contributed by atoms with E-state index in [-0.39, 0.29) is 12.8 Å². The molecule has 0 saturated carbocycles. The molecular formula is C6H13F2N. The van der Waals surface area contributed by atoms with Gasteiger partial charge in [0.15, 0.2) is 0 Å². The molecule has 1 atom stereocenters. The summed E-state index contributed by atoms with van der Waals surface area (Å²) in [4.78, 5) is 0. The van der Waals surface area contributed by atoms with Crippen molar-refractivity contribution in [2.45, 2.75) is 38.7 Å². The summed E-state index contributed by atoms with van der Waals surface area (Å²) < 4.78 is 24.6. The van der Waals surface area contributed by atoms with Crippen LogP contribution in [0.4, 0.5) is 8.78 Å². The molecule has 2 N–H and O–H groups in total. The lowest BCUT2D eigenvalue weighted by Gasteiger charge is -2.15. The number of hydrogen-bond acceptors (Lipinski definition) is 1. The maximum absolute atomic E-state index is 12.3. The SMILES string of the molecule is CCC(F)(F)CC(C)N. The third-order valence-corrected chi connectivity index (χ3v) is 1.14. The van der Waals surface area contributed by atoms with Gasteiger partial charge in [0.1, 0.15) is 0 Å². The van der Waals surface area contributed by atoms with Crippen molar-refractivity contribution in [1.82, 2.24) is 0 Å². The fourth-order valence-corrected chi connectivity index (χ4v) is 0.615. The molecular weight excluding hydrogens is 124 g/mol. The summed E-state index contributed by atoms with van der Waals surface area (Å²) in [6.07, 6.45) is -0.321. The van der Waals surface area contributed by atoms with E-state index in [1.165, 1.54) is 6.92 Å². The molecule has 1 nitrogen and oxygen atoms in total. The third-order valence-electron chi connectivity index (χ3n) is 1.14. The average Bonchev–Trinajstić information content (AvgIpc) is 1.63. The molecule has 1 unspecified atom stereocenters. The lowest BCUT2D eigenvalue weighted by atomic mass is 10.1. The number of hydrogen-bond donors (Lipinski definition) is 1. The van der Waals surface area contributed by atoms with Crippen LogP contribution in [0.5, 0.6) is 0 Å². The Bertz CT molecular complexity index is 81.1. The number of alkyl halides is 2. The van der Waals surface area contributed by atoms with Crippen molar-refractivity contribution >= 4 is 0 Å². The van der Waals surface area contributed by atoms with Gasteiger partial charge in [0.2, 0.25) is 5.92 Å². The fraction of sp³-hybridized carbons (Fsp3) is 1.00. The van der Waals surface area contributed by atoms with E-state index in [0.29, 0.717) is 0 Å². The van der Waals surface area contributed by atoms with Crippen LogP contribution in [-0.2, 0) is 0 Å². The molecule has 0 spiro atoms. The van der Waals surface area contributed by atoms with Crippen LogP contribution in [0.3, 0.4) is 0 Å². The molecule has 3 heteroatoms. The highest BCUT2D eigenvalue weighted by molar-refractivity contribution is 4.68. The molecule has 0 aromatic rings. The van der Waals surface area contributed by atoms with Crippen LogP contribution in [0.1, 0.15) is 26.7 Å². The molecule has 0 radical (unpaired) electrons. The van der Waals surface area contributed by atoms with Gasteiger partial charge in [-0.05, 0) is 6.92 Å². The van der Waals surface area contributed by atoms with Crippen molar-refractivity contribution in [3.8, 4) is 0 Å². The maximum atomic E-state index is 12.3. The van der Waals surface area contributed by atoms with Gasteiger partial charge in [-0.15, -0.1) is 0 Å². The van der Waals surface area contributed by atoms with E-state index < -0.39 is 12.0 Å². The molecule has 0 aromatic carbocycles. The van der Waals surface area contributed by atoms with Gasteiger partial charge in [-0.2, -0.15) is 0 Å². The Balaban J connectivity index is 3.58. The van der Waals surface area contributed by atoms with Gasteiger partial charge in [0, 0.05) is 18.9 Å². The van der Waals surface area contributed by atoms with Gasteiger partial charge >= 0.3 is 0 Å². The van der Waals surface area contributed by atoms with E-state index >= 15 is 0 Å². The Kier molecular flexibility index (Phi) is 3.04. The predicted octanol–water partition coefficient (Wildman–Crippen LogP) is 1.77. The highest BCUT2D eigenvalue weighted by Gasteiger charge is 2.26. The molecule has 0 fully saturated rings. The minimum absolute atomic E-state index is 0.117. The smallest absolute Gasteiger partial charge is 0.249 e. The lowest BCUT2D eigenvalue weighted by Crippen LogP contribution is -2.26. The summed E-state index contributed by atoms with van der Waals surface area (Å²) in [5.41, 5.74) is 5.17. The van der Waals surface area contributed by atoms with E-state index in [0.717, 1.165) is 0 Å².